The number of hydrogen-bond donors (Lipinski definition) is 1. The Hall–Kier alpha value is -1.01. The predicted octanol–water partition coefficient (Wildman–Crippen LogP) is 3.02. The summed E-state index contributed by atoms with van der Waals surface area (Å²) < 4.78 is 6.48. The van der Waals surface area contributed by atoms with Crippen molar-refractivity contribution in [3.05, 3.63) is 21.9 Å². The Labute approximate surface area is 118 Å². The molecule has 1 unspecified atom stereocenters. The van der Waals surface area contributed by atoms with Gasteiger partial charge in [-0.1, -0.05) is 11.6 Å². The van der Waals surface area contributed by atoms with Crippen LogP contribution in [-0.4, -0.2) is 40.3 Å². The summed E-state index contributed by atoms with van der Waals surface area (Å²) in [5.74, 6) is 0.590. The molecule has 1 aromatic heterocycles. The van der Waals surface area contributed by atoms with Gasteiger partial charge in [0.15, 0.2) is 0 Å². The van der Waals surface area contributed by atoms with Crippen LogP contribution in [0.3, 0.4) is 0 Å². The summed E-state index contributed by atoms with van der Waals surface area (Å²) in [5, 5.41) is 9.30. The lowest BCUT2D eigenvalue weighted by Gasteiger charge is -2.31. The zero-order valence-electron chi connectivity index (χ0n) is 9.47. The van der Waals surface area contributed by atoms with E-state index < -0.39 is 6.09 Å². The number of carbonyl (C=O) groups is 1. The van der Waals surface area contributed by atoms with Crippen molar-refractivity contribution in [2.24, 2.45) is 0 Å². The van der Waals surface area contributed by atoms with Crippen LogP contribution in [0.25, 0.3) is 0 Å². The number of aromatic nitrogens is 1. The van der Waals surface area contributed by atoms with Crippen molar-refractivity contribution in [1.82, 2.24) is 9.88 Å². The van der Waals surface area contributed by atoms with Crippen LogP contribution in [0, 0.1) is 0 Å². The second kappa shape index (κ2) is 5.75. The monoisotopic (exact) mass is 334 g/mol. The molecule has 1 saturated heterocycles. The first kappa shape index (κ1) is 13.4. The van der Waals surface area contributed by atoms with E-state index >= 15 is 0 Å². The van der Waals surface area contributed by atoms with Crippen molar-refractivity contribution < 1.29 is 14.6 Å². The molecule has 0 bridgehead atoms. The van der Waals surface area contributed by atoms with Gasteiger partial charge in [0, 0.05) is 18.8 Å². The highest BCUT2D eigenvalue weighted by Crippen LogP contribution is 2.28. The lowest BCUT2D eigenvalue weighted by Crippen LogP contribution is -2.43. The summed E-state index contributed by atoms with van der Waals surface area (Å²) in [7, 11) is 0. The first-order chi connectivity index (χ1) is 8.56. The molecule has 1 N–H and O–H groups in total. The fourth-order valence-electron chi connectivity index (χ4n) is 1.87. The van der Waals surface area contributed by atoms with E-state index in [1.807, 2.05) is 0 Å². The molecule has 2 heterocycles. The van der Waals surface area contributed by atoms with Crippen molar-refractivity contribution in [1.29, 1.82) is 0 Å². The molecule has 2 rings (SSSR count). The number of halogens is 2. The Morgan fingerprint density at radius 3 is 3.17 bits per heavy atom. The van der Waals surface area contributed by atoms with E-state index in [0.29, 0.717) is 28.5 Å². The summed E-state index contributed by atoms with van der Waals surface area (Å²) in [6.07, 6.45) is 2.14. The highest BCUT2D eigenvalue weighted by atomic mass is 79.9. The molecule has 98 valence electrons. The molecule has 0 aliphatic carbocycles. The molecule has 7 heteroatoms. The summed E-state index contributed by atoms with van der Waals surface area (Å²) in [6, 6.07) is 1.62. The van der Waals surface area contributed by atoms with E-state index in [2.05, 4.69) is 20.9 Å². The van der Waals surface area contributed by atoms with Crippen LogP contribution < -0.4 is 4.74 Å². The molecule has 1 aliphatic rings. The van der Waals surface area contributed by atoms with Gasteiger partial charge in [-0.15, -0.1) is 0 Å². The predicted molar refractivity (Wildman–Crippen MR) is 70.2 cm³/mol. The van der Waals surface area contributed by atoms with Gasteiger partial charge in [-0.2, -0.15) is 0 Å². The van der Waals surface area contributed by atoms with Crippen molar-refractivity contribution in [3.63, 3.8) is 0 Å². The number of nitrogens with zero attached hydrogens (tertiary/aromatic N) is 2. The van der Waals surface area contributed by atoms with Crippen LogP contribution in [-0.2, 0) is 0 Å². The van der Waals surface area contributed by atoms with Crippen molar-refractivity contribution in [2.75, 3.05) is 13.1 Å². The van der Waals surface area contributed by atoms with Crippen LogP contribution in [0.5, 0.6) is 5.75 Å². The van der Waals surface area contributed by atoms with E-state index in [-0.39, 0.29) is 6.10 Å². The van der Waals surface area contributed by atoms with Gasteiger partial charge in [0.05, 0.1) is 11.0 Å². The molecule has 1 fully saturated rings. The van der Waals surface area contributed by atoms with Crippen LogP contribution in [0.15, 0.2) is 16.7 Å². The molecule has 1 amide bonds. The first-order valence-electron chi connectivity index (χ1n) is 5.52. The number of ether oxygens (including phenoxy) is 1. The Kier molecular flexibility index (Phi) is 4.29. The summed E-state index contributed by atoms with van der Waals surface area (Å²) >= 11 is 9.12. The average molecular weight is 336 g/mol. The highest BCUT2D eigenvalue weighted by Gasteiger charge is 2.25. The highest BCUT2D eigenvalue weighted by molar-refractivity contribution is 9.10. The van der Waals surface area contributed by atoms with E-state index in [1.54, 1.807) is 12.3 Å². The van der Waals surface area contributed by atoms with Gasteiger partial charge >= 0.3 is 6.09 Å². The Balaban J connectivity index is 2.04. The topological polar surface area (TPSA) is 62.7 Å². The van der Waals surface area contributed by atoms with Crippen molar-refractivity contribution >= 4 is 33.6 Å². The molecular weight excluding hydrogens is 323 g/mol. The van der Waals surface area contributed by atoms with Gasteiger partial charge in [-0.3, -0.25) is 0 Å². The lowest BCUT2D eigenvalue weighted by molar-refractivity contribution is 0.0787. The normalized spacial score (nSPS) is 19.7. The summed E-state index contributed by atoms with van der Waals surface area (Å²) in [4.78, 5) is 16.2. The number of piperidine rings is 1. The quantitative estimate of drug-likeness (QED) is 0.844. The molecule has 1 aliphatic heterocycles. The molecule has 1 aromatic rings. The second-order valence-electron chi connectivity index (χ2n) is 4.05. The van der Waals surface area contributed by atoms with Crippen LogP contribution in [0.1, 0.15) is 12.8 Å². The fraction of sp³-hybridized carbons (Fsp3) is 0.455. The molecular formula is C11H12BrClN2O3. The van der Waals surface area contributed by atoms with Crippen molar-refractivity contribution in [3.8, 4) is 5.75 Å². The number of likely N-dealkylation sites (tertiary alicyclic amines) is 1. The molecule has 5 nitrogen and oxygen atoms in total. The molecule has 0 saturated carbocycles. The van der Waals surface area contributed by atoms with Crippen LogP contribution in [0.2, 0.25) is 5.15 Å². The maximum atomic E-state index is 10.9. The minimum absolute atomic E-state index is 0.149. The molecule has 0 aromatic carbocycles. The first-order valence-corrected chi connectivity index (χ1v) is 6.69. The van der Waals surface area contributed by atoms with Crippen LogP contribution >= 0.6 is 27.5 Å². The smallest absolute Gasteiger partial charge is 0.407 e. The standard InChI is InChI=1S/C11H12BrClN2O3/c12-8-5-14-10(13)4-9(8)18-7-2-1-3-15(6-7)11(16)17/h4-5,7H,1-3,6H2,(H,16,17). The van der Waals surface area contributed by atoms with Gasteiger partial charge in [-0.25, -0.2) is 9.78 Å². The second-order valence-corrected chi connectivity index (χ2v) is 5.29. The number of carboxylic acid groups (broad SMARTS) is 1. The largest absolute Gasteiger partial charge is 0.487 e. The molecule has 1 atom stereocenters. The third kappa shape index (κ3) is 3.26. The van der Waals surface area contributed by atoms with E-state index in [1.165, 1.54) is 4.90 Å². The zero-order valence-corrected chi connectivity index (χ0v) is 11.8. The molecule has 0 radical (unpaired) electrons. The average Bonchev–Trinajstić information content (AvgIpc) is 2.34. The number of amides is 1. The lowest BCUT2D eigenvalue weighted by atomic mass is 10.1. The fourth-order valence-corrected chi connectivity index (χ4v) is 2.33. The number of pyridine rings is 1. The van der Waals surface area contributed by atoms with Gasteiger partial charge in [0.25, 0.3) is 0 Å². The van der Waals surface area contributed by atoms with Crippen molar-refractivity contribution in [2.45, 2.75) is 18.9 Å². The minimum atomic E-state index is -0.907. The van der Waals surface area contributed by atoms with E-state index in [9.17, 15) is 4.79 Å². The Bertz CT molecular complexity index is 458. The van der Waals surface area contributed by atoms with Gasteiger partial charge in [-0.05, 0) is 28.8 Å². The third-order valence-electron chi connectivity index (χ3n) is 2.73. The molecule has 18 heavy (non-hydrogen) atoms. The maximum absolute atomic E-state index is 10.9. The van der Waals surface area contributed by atoms with Gasteiger partial charge in [0.2, 0.25) is 0 Å². The van der Waals surface area contributed by atoms with Gasteiger partial charge in [0.1, 0.15) is 17.0 Å². The Morgan fingerprint density at radius 2 is 2.44 bits per heavy atom. The SMILES string of the molecule is O=C(O)N1CCCC(Oc2cc(Cl)ncc2Br)C1. The Morgan fingerprint density at radius 1 is 1.67 bits per heavy atom. The van der Waals surface area contributed by atoms with E-state index in [4.69, 9.17) is 21.4 Å². The third-order valence-corrected chi connectivity index (χ3v) is 3.53. The number of rotatable bonds is 2. The minimum Gasteiger partial charge on any atom is -0.487 e. The maximum Gasteiger partial charge on any atom is 0.407 e. The van der Waals surface area contributed by atoms with E-state index in [0.717, 1.165) is 12.8 Å². The zero-order chi connectivity index (χ0) is 13.1. The van der Waals surface area contributed by atoms with Gasteiger partial charge < -0.3 is 14.7 Å². The number of hydrogen-bond acceptors (Lipinski definition) is 3. The van der Waals surface area contributed by atoms with Crippen LogP contribution in [0.4, 0.5) is 4.79 Å². The summed E-state index contributed by atoms with van der Waals surface area (Å²) in [6.45, 7) is 0.940. The summed E-state index contributed by atoms with van der Waals surface area (Å²) in [5.41, 5.74) is 0. The molecule has 0 spiro atoms.